The number of halogens is 3. The first kappa shape index (κ1) is 23.3. The number of carbonyl (C=O) groups is 2. The summed E-state index contributed by atoms with van der Waals surface area (Å²) in [6.07, 6.45) is -2.95. The summed E-state index contributed by atoms with van der Waals surface area (Å²) < 4.78 is 40.1. The van der Waals surface area contributed by atoms with Gasteiger partial charge in [-0.3, -0.25) is 9.69 Å². The summed E-state index contributed by atoms with van der Waals surface area (Å²) in [5, 5.41) is 9.03. The summed E-state index contributed by atoms with van der Waals surface area (Å²) in [5.74, 6) is -3.00. The van der Waals surface area contributed by atoms with Gasteiger partial charge in [0.2, 0.25) is 0 Å². The molecule has 8 heteroatoms. The third-order valence-electron chi connectivity index (χ3n) is 6.66. The van der Waals surface area contributed by atoms with Crippen LogP contribution in [0.2, 0.25) is 0 Å². The van der Waals surface area contributed by atoms with Gasteiger partial charge in [0.25, 0.3) is 0 Å². The van der Waals surface area contributed by atoms with Crippen molar-refractivity contribution in [3.63, 3.8) is 0 Å². The molecule has 5 nitrogen and oxygen atoms in total. The maximum absolute atomic E-state index is 13.4. The molecule has 0 radical (unpaired) electrons. The minimum Gasteiger partial charge on any atom is -0.478 e. The molecule has 2 aromatic carbocycles. The van der Waals surface area contributed by atoms with Crippen LogP contribution >= 0.6 is 0 Å². The quantitative estimate of drug-likeness (QED) is 0.659. The third-order valence-corrected chi connectivity index (χ3v) is 6.66. The minimum absolute atomic E-state index is 0.0268. The van der Waals surface area contributed by atoms with Crippen molar-refractivity contribution < 1.29 is 27.9 Å². The zero-order valence-corrected chi connectivity index (χ0v) is 18.2. The Morgan fingerprint density at radius 2 is 1.64 bits per heavy atom. The number of carbonyl (C=O) groups excluding carboxylic acids is 1. The lowest BCUT2D eigenvalue weighted by molar-refractivity contribution is -0.187. The van der Waals surface area contributed by atoms with Crippen molar-refractivity contribution in [2.24, 2.45) is 5.92 Å². The van der Waals surface area contributed by atoms with Crippen LogP contribution in [-0.2, 0) is 11.3 Å². The van der Waals surface area contributed by atoms with E-state index in [1.165, 1.54) is 17.7 Å². The van der Waals surface area contributed by atoms with Gasteiger partial charge in [0.05, 0.1) is 5.56 Å². The molecule has 176 valence electrons. The van der Waals surface area contributed by atoms with Crippen LogP contribution in [0.15, 0.2) is 54.6 Å². The molecule has 1 aliphatic heterocycles. The molecule has 2 aliphatic rings. The molecular formula is C25H27F3N2O3. The number of nitrogens with zero attached hydrogens (tertiary/aromatic N) is 2. The lowest BCUT2D eigenvalue weighted by Gasteiger charge is -2.35. The van der Waals surface area contributed by atoms with Crippen molar-refractivity contribution in [2.45, 2.75) is 43.9 Å². The molecule has 0 unspecified atom stereocenters. The second-order valence-electron chi connectivity index (χ2n) is 9.00. The van der Waals surface area contributed by atoms with Crippen LogP contribution in [0.3, 0.4) is 0 Å². The molecule has 1 aliphatic carbocycles. The fraction of sp³-hybridized carbons (Fsp3) is 0.440. The predicted octanol–water partition coefficient (Wildman–Crippen LogP) is 4.54. The molecule has 4 rings (SSSR count). The van der Waals surface area contributed by atoms with Crippen molar-refractivity contribution >= 4 is 11.9 Å². The van der Waals surface area contributed by atoms with Gasteiger partial charge in [0.1, 0.15) is 0 Å². The number of hydrogen-bond donors (Lipinski definition) is 1. The Balaban J connectivity index is 1.38. The number of carboxylic acid groups (broad SMARTS) is 1. The van der Waals surface area contributed by atoms with Gasteiger partial charge in [0.15, 0.2) is 0 Å². The number of rotatable bonds is 7. The molecule has 0 bridgehead atoms. The van der Waals surface area contributed by atoms with Gasteiger partial charge in [0, 0.05) is 25.0 Å². The first-order valence-corrected chi connectivity index (χ1v) is 11.2. The zero-order chi connectivity index (χ0) is 23.6. The Bertz CT molecular complexity index is 971. The molecule has 1 saturated carbocycles. The van der Waals surface area contributed by atoms with Gasteiger partial charge in [-0.05, 0) is 61.5 Å². The van der Waals surface area contributed by atoms with Crippen molar-refractivity contribution in [3.05, 3.63) is 71.3 Å². The highest BCUT2D eigenvalue weighted by molar-refractivity contribution is 5.87. The van der Waals surface area contributed by atoms with Crippen molar-refractivity contribution in [1.29, 1.82) is 0 Å². The van der Waals surface area contributed by atoms with Crippen LogP contribution in [0, 0.1) is 5.92 Å². The smallest absolute Gasteiger partial charge is 0.471 e. The molecule has 2 aromatic rings. The summed E-state index contributed by atoms with van der Waals surface area (Å²) in [5.41, 5.74) is 2.10. The van der Waals surface area contributed by atoms with Gasteiger partial charge in [-0.2, -0.15) is 13.2 Å². The van der Waals surface area contributed by atoms with E-state index in [1.54, 1.807) is 12.1 Å². The predicted molar refractivity (Wildman–Crippen MR) is 117 cm³/mol. The standard InChI is InChI=1S/C25H27F3N2O3/c26-25(27,28)24(33)30(22-14-21(22)19-6-8-20(9-7-19)23(31)32)16-18-10-12-29(13-11-18)15-17-4-2-1-3-5-17/h1-9,18,21-22H,10-16H2,(H,31,32)/t21-,22+/m0/s1. The molecular weight excluding hydrogens is 433 g/mol. The summed E-state index contributed by atoms with van der Waals surface area (Å²) in [6.45, 7) is 2.50. The largest absolute Gasteiger partial charge is 0.478 e. The van der Waals surface area contributed by atoms with Crippen molar-refractivity contribution in [1.82, 2.24) is 9.80 Å². The van der Waals surface area contributed by atoms with Crippen molar-refractivity contribution in [3.8, 4) is 0 Å². The fourth-order valence-corrected chi connectivity index (χ4v) is 4.74. The topological polar surface area (TPSA) is 60.9 Å². The van der Waals surface area contributed by atoms with E-state index in [0.29, 0.717) is 6.42 Å². The van der Waals surface area contributed by atoms with Crippen molar-refractivity contribution in [2.75, 3.05) is 19.6 Å². The Kier molecular flexibility index (Phi) is 6.74. The Morgan fingerprint density at radius 3 is 2.21 bits per heavy atom. The van der Waals surface area contributed by atoms with E-state index in [0.717, 1.165) is 42.9 Å². The number of piperidine rings is 1. The Hall–Kier alpha value is -2.87. The van der Waals surface area contributed by atoms with Crippen LogP contribution in [0.25, 0.3) is 0 Å². The van der Waals surface area contributed by atoms with E-state index < -0.39 is 24.1 Å². The molecule has 2 atom stereocenters. The number of hydrogen-bond acceptors (Lipinski definition) is 3. The van der Waals surface area contributed by atoms with Crippen LogP contribution in [-0.4, -0.2) is 58.6 Å². The number of aromatic carboxylic acids is 1. The van der Waals surface area contributed by atoms with Gasteiger partial charge in [-0.15, -0.1) is 0 Å². The summed E-state index contributed by atoms with van der Waals surface area (Å²) in [4.78, 5) is 26.6. The average Bonchev–Trinajstić information content (AvgIpc) is 3.59. The lowest BCUT2D eigenvalue weighted by atomic mass is 9.95. The highest BCUT2D eigenvalue weighted by Crippen LogP contribution is 2.46. The van der Waals surface area contributed by atoms with Crippen LogP contribution in [0.4, 0.5) is 13.2 Å². The fourth-order valence-electron chi connectivity index (χ4n) is 4.74. The number of amides is 1. The molecule has 0 spiro atoms. The molecule has 0 aromatic heterocycles. The highest BCUT2D eigenvalue weighted by atomic mass is 19.4. The van der Waals surface area contributed by atoms with Crippen LogP contribution < -0.4 is 0 Å². The number of likely N-dealkylation sites (tertiary alicyclic amines) is 1. The summed E-state index contributed by atoms with van der Waals surface area (Å²) in [6, 6.07) is 15.7. The van der Waals surface area contributed by atoms with E-state index in [1.807, 2.05) is 18.2 Å². The van der Waals surface area contributed by atoms with Gasteiger partial charge >= 0.3 is 18.1 Å². The maximum Gasteiger partial charge on any atom is 0.471 e. The Labute approximate surface area is 190 Å². The molecule has 33 heavy (non-hydrogen) atoms. The number of benzene rings is 2. The van der Waals surface area contributed by atoms with Crippen LogP contribution in [0.1, 0.15) is 46.7 Å². The molecule has 2 fully saturated rings. The zero-order valence-electron chi connectivity index (χ0n) is 18.2. The molecule has 1 saturated heterocycles. The van der Waals surface area contributed by atoms with E-state index in [2.05, 4.69) is 17.0 Å². The van der Waals surface area contributed by atoms with Gasteiger partial charge in [-0.1, -0.05) is 42.5 Å². The van der Waals surface area contributed by atoms with Gasteiger partial charge in [-0.25, -0.2) is 4.79 Å². The first-order valence-electron chi connectivity index (χ1n) is 11.2. The monoisotopic (exact) mass is 460 g/mol. The third kappa shape index (κ3) is 5.74. The SMILES string of the molecule is O=C(O)c1ccc([C@@H]2C[C@H]2N(CC2CCN(Cc3ccccc3)CC2)C(=O)C(F)(F)F)cc1. The van der Waals surface area contributed by atoms with Crippen LogP contribution in [0.5, 0.6) is 0 Å². The normalized spacial score (nSPS) is 21.5. The molecule has 1 N–H and O–H groups in total. The first-order chi connectivity index (χ1) is 15.7. The van der Waals surface area contributed by atoms with E-state index >= 15 is 0 Å². The molecule has 1 heterocycles. The minimum atomic E-state index is -4.91. The average molecular weight is 460 g/mol. The second kappa shape index (κ2) is 9.55. The second-order valence-corrected chi connectivity index (χ2v) is 9.00. The Morgan fingerprint density at radius 1 is 1.00 bits per heavy atom. The lowest BCUT2D eigenvalue weighted by Crippen LogP contribution is -2.47. The number of alkyl halides is 3. The van der Waals surface area contributed by atoms with E-state index in [9.17, 15) is 22.8 Å². The highest BCUT2D eigenvalue weighted by Gasteiger charge is 2.52. The maximum atomic E-state index is 13.4. The van der Waals surface area contributed by atoms with E-state index in [-0.39, 0.29) is 23.9 Å². The molecule has 1 amide bonds. The summed E-state index contributed by atoms with van der Waals surface area (Å²) >= 11 is 0. The van der Waals surface area contributed by atoms with E-state index in [4.69, 9.17) is 5.11 Å². The van der Waals surface area contributed by atoms with Gasteiger partial charge < -0.3 is 10.0 Å². The summed E-state index contributed by atoms with van der Waals surface area (Å²) in [7, 11) is 0. The number of carboxylic acids is 1.